The van der Waals surface area contributed by atoms with E-state index in [2.05, 4.69) is 44.5 Å². The van der Waals surface area contributed by atoms with Crippen LogP contribution in [0.5, 0.6) is 0 Å². The van der Waals surface area contributed by atoms with Crippen LogP contribution in [-0.2, 0) is 0 Å². The Balaban J connectivity index is 1.41. The predicted molar refractivity (Wildman–Crippen MR) is 95.3 cm³/mol. The number of fused-ring (bicyclic) bond motifs is 1. The molecule has 0 spiro atoms. The number of pyridine rings is 1. The number of nitrogens with zero attached hydrogens (tertiary/aromatic N) is 3. The zero-order valence-electron chi connectivity index (χ0n) is 13.3. The van der Waals surface area contributed by atoms with Crippen LogP contribution < -0.4 is 10.2 Å². The summed E-state index contributed by atoms with van der Waals surface area (Å²) in [4.78, 5) is 23.9. The van der Waals surface area contributed by atoms with E-state index < -0.39 is 0 Å². The number of amides is 2. The van der Waals surface area contributed by atoms with Crippen molar-refractivity contribution < 1.29 is 4.79 Å². The van der Waals surface area contributed by atoms with Crippen molar-refractivity contribution in [1.29, 1.82) is 0 Å². The molecule has 2 aromatic heterocycles. The number of benzene rings is 1. The van der Waals surface area contributed by atoms with Crippen molar-refractivity contribution in [2.45, 2.75) is 0 Å². The minimum Gasteiger partial charge on any atom is -0.367 e. The van der Waals surface area contributed by atoms with E-state index in [1.807, 2.05) is 23.2 Å². The summed E-state index contributed by atoms with van der Waals surface area (Å²) in [5.74, 6) is 0.585. The molecule has 3 aromatic rings. The second-order valence-electron chi connectivity index (χ2n) is 5.84. The molecule has 0 atom stereocenters. The van der Waals surface area contributed by atoms with Gasteiger partial charge in [-0.25, -0.2) is 9.78 Å². The molecular weight excluding hydrogens is 302 g/mol. The summed E-state index contributed by atoms with van der Waals surface area (Å²) in [5.41, 5.74) is 2.36. The smallest absolute Gasteiger partial charge is 0.323 e. The number of piperazine rings is 1. The Morgan fingerprint density at radius 1 is 1.04 bits per heavy atom. The Bertz CT molecular complexity index is 837. The molecule has 1 saturated heterocycles. The second-order valence-corrected chi connectivity index (χ2v) is 5.84. The second kappa shape index (κ2) is 6.23. The van der Waals surface area contributed by atoms with Crippen LogP contribution in [0, 0.1) is 0 Å². The van der Waals surface area contributed by atoms with Gasteiger partial charge in [0.2, 0.25) is 0 Å². The normalized spacial score (nSPS) is 14.8. The van der Waals surface area contributed by atoms with Gasteiger partial charge in [0.25, 0.3) is 0 Å². The number of hydrogen-bond acceptors (Lipinski definition) is 3. The maximum Gasteiger partial charge on any atom is 0.323 e. The topological polar surface area (TPSA) is 64.3 Å². The maximum atomic E-state index is 12.3. The molecule has 6 nitrogen and oxygen atoms in total. The maximum absolute atomic E-state index is 12.3. The number of carbonyl (C=O) groups is 1. The molecule has 6 heteroatoms. The molecule has 0 saturated carbocycles. The van der Waals surface area contributed by atoms with Gasteiger partial charge in [-0.05, 0) is 30.3 Å². The standard InChI is InChI=1S/C18H19N5O/c24-18(21-17-6-1-2-8-20-17)23-12-10-22(11-13-23)16-5-3-4-15-14(16)7-9-19-15/h1-9,19H,10-13H2,(H,20,21,24). The van der Waals surface area contributed by atoms with E-state index in [1.54, 1.807) is 12.3 Å². The number of anilines is 2. The largest absolute Gasteiger partial charge is 0.367 e. The van der Waals surface area contributed by atoms with Crippen molar-refractivity contribution in [2.24, 2.45) is 0 Å². The molecule has 1 aliphatic heterocycles. The fourth-order valence-electron chi connectivity index (χ4n) is 3.12. The van der Waals surface area contributed by atoms with Gasteiger partial charge in [0.05, 0.1) is 0 Å². The SMILES string of the molecule is O=C(Nc1ccccn1)N1CCN(c2cccc3[nH]ccc23)CC1. The van der Waals surface area contributed by atoms with Crippen LogP contribution in [0.15, 0.2) is 54.9 Å². The Morgan fingerprint density at radius 2 is 1.92 bits per heavy atom. The average molecular weight is 321 g/mol. The van der Waals surface area contributed by atoms with Crippen LogP contribution in [0.25, 0.3) is 10.9 Å². The van der Waals surface area contributed by atoms with E-state index in [4.69, 9.17) is 0 Å². The van der Waals surface area contributed by atoms with Gasteiger partial charge >= 0.3 is 6.03 Å². The number of carbonyl (C=O) groups excluding carboxylic acids is 1. The highest BCUT2D eigenvalue weighted by Crippen LogP contribution is 2.27. The molecule has 0 bridgehead atoms. The molecule has 2 N–H and O–H groups in total. The Morgan fingerprint density at radius 3 is 2.71 bits per heavy atom. The van der Waals surface area contributed by atoms with Crippen molar-refractivity contribution in [3.8, 4) is 0 Å². The summed E-state index contributed by atoms with van der Waals surface area (Å²) >= 11 is 0. The monoisotopic (exact) mass is 321 g/mol. The minimum absolute atomic E-state index is 0.0896. The molecule has 1 fully saturated rings. The third-order valence-electron chi connectivity index (χ3n) is 4.38. The lowest BCUT2D eigenvalue weighted by Gasteiger charge is -2.36. The summed E-state index contributed by atoms with van der Waals surface area (Å²) < 4.78 is 0. The van der Waals surface area contributed by atoms with Crippen molar-refractivity contribution >= 4 is 28.4 Å². The Labute approximate surface area is 140 Å². The first-order valence-electron chi connectivity index (χ1n) is 8.09. The number of urea groups is 1. The molecule has 0 unspecified atom stereocenters. The zero-order chi connectivity index (χ0) is 16.4. The van der Waals surface area contributed by atoms with E-state index in [1.165, 1.54) is 11.1 Å². The first-order chi connectivity index (χ1) is 11.8. The number of nitrogens with one attached hydrogen (secondary N) is 2. The lowest BCUT2D eigenvalue weighted by Crippen LogP contribution is -2.50. The van der Waals surface area contributed by atoms with Crippen LogP contribution in [0.4, 0.5) is 16.3 Å². The lowest BCUT2D eigenvalue weighted by atomic mass is 10.2. The summed E-state index contributed by atoms with van der Waals surface area (Å²) in [6.45, 7) is 3.03. The van der Waals surface area contributed by atoms with Gasteiger partial charge < -0.3 is 14.8 Å². The minimum atomic E-state index is -0.0896. The van der Waals surface area contributed by atoms with Crippen molar-refractivity contribution in [3.05, 3.63) is 54.9 Å². The molecular formula is C18H19N5O. The summed E-state index contributed by atoms with van der Waals surface area (Å²) in [6.07, 6.45) is 3.63. The van der Waals surface area contributed by atoms with Crippen LogP contribution in [0.1, 0.15) is 0 Å². The number of aromatic amines is 1. The van der Waals surface area contributed by atoms with Gasteiger partial charge in [-0.3, -0.25) is 5.32 Å². The van der Waals surface area contributed by atoms with E-state index in [9.17, 15) is 4.79 Å². The highest BCUT2D eigenvalue weighted by atomic mass is 16.2. The van der Waals surface area contributed by atoms with E-state index in [-0.39, 0.29) is 6.03 Å². The Hall–Kier alpha value is -3.02. The summed E-state index contributed by atoms with van der Waals surface area (Å²) in [5, 5.41) is 4.07. The molecule has 0 radical (unpaired) electrons. The molecule has 3 heterocycles. The molecule has 1 aromatic carbocycles. The lowest BCUT2D eigenvalue weighted by molar-refractivity contribution is 0.208. The molecule has 0 aliphatic carbocycles. The van der Waals surface area contributed by atoms with Gasteiger partial charge in [-0.1, -0.05) is 12.1 Å². The van der Waals surface area contributed by atoms with Gasteiger partial charge in [0.1, 0.15) is 5.82 Å². The molecule has 4 rings (SSSR count). The molecule has 2 amide bonds. The quantitative estimate of drug-likeness (QED) is 0.763. The highest BCUT2D eigenvalue weighted by molar-refractivity contribution is 5.93. The summed E-state index contributed by atoms with van der Waals surface area (Å²) in [6, 6.07) is 13.8. The first kappa shape index (κ1) is 14.6. The van der Waals surface area contributed by atoms with Gasteiger partial charge in [-0.2, -0.15) is 0 Å². The number of aromatic nitrogens is 2. The zero-order valence-corrected chi connectivity index (χ0v) is 13.3. The van der Waals surface area contributed by atoms with Crippen molar-refractivity contribution in [2.75, 3.05) is 36.4 Å². The molecule has 122 valence electrons. The first-order valence-corrected chi connectivity index (χ1v) is 8.09. The van der Waals surface area contributed by atoms with Crippen LogP contribution in [-0.4, -0.2) is 47.1 Å². The average Bonchev–Trinajstić information content (AvgIpc) is 3.11. The van der Waals surface area contributed by atoms with Gasteiger partial charge in [0, 0.05) is 55.2 Å². The summed E-state index contributed by atoms with van der Waals surface area (Å²) in [7, 11) is 0. The third kappa shape index (κ3) is 2.78. The number of rotatable bonds is 2. The number of hydrogen-bond donors (Lipinski definition) is 2. The van der Waals surface area contributed by atoms with Gasteiger partial charge in [-0.15, -0.1) is 0 Å². The van der Waals surface area contributed by atoms with Crippen LogP contribution in [0.3, 0.4) is 0 Å². The van der Waals surface area contributed by atoms with Crippen molar-refractivity contribution in [3.63, 3.8) is 0 Å². The van der Waals surface area contributed by atoms with Crippen LogP contribution >= 0.6 is 0 Å². The molecule has 1 aliphatic rings. The van der Waals surface area contributed by atoms with E-state index >= 15 is 0 Å². The van der Waals surface area contributed by atoms with Crippen LogP contribution in [0.2, 0.25) is 0 Å². The fourth-order valence-corrected chi connectivity index (χ4v) is 3.12. The van der Waals surface area contributed by atoms with Crippen molar-refractivity contribution in [1.82, 2.24) is 14.9 Å². The van der Waals surface area contributed by atoms with Gasteiger partial charge in [0.15, 0.2) is 0 Å². The fraction of sp³-hybridized carbons (Fsp3) is 0.222. The third-order valence-corrected chi connectivity index (χ3v) is 4.38. The Kier molecular flexibility index (Phi) is 3.78. The predicted octanol–water partition coefficient (Wildman–Crippen LogP) is 2.92. The number of H-pyrrole nitrogens is 1. The highest BCUT2D eigenvalue weighted by Gasteiger charge is 2.22. The van der Waals surface area contributed by atoms with E-state index in [0.717, 1.165) is 18.6 Å². The molecule has 24 heavy (non-hydrogen) atoms. The van der Waals surface area contributed by atoms with E-state index in [0.29, 0.717) is 18.9 Å².